The molecule has 1 amide bonds. The molecule has 0 saturated heterocycles. The molecule has 2 unspecified atom stereocenters. The minimum Gasteiger partial charge on any atom is -0.369 e. The molecule has 4 saturated carbocycles. The second-order valence-corrected chi connectivity index (χ2v) is 7.97. The van der Waals surface area contributed by atoms with Crippen molar-refractivity contribution in [3.8, 4) is 11.3 Å². The van der Waals surface area contributed by atoms with Crippen LogP contribution in [0.2, 0.25) is 0 Å². The van der Waals surface area contributed by atoms with Crippen LogP contribution in [0.25, 0.3) is 11.3 Å². The molecule has 1 aromatic heterocycles. The Kier molecular flexibility index (Phi) is 2.84. The van der Waals surface area contributed by atoms with Crippen molar-refractivity contribution in [3.63, 3.8) is 0 Å². The molecule has 124 valence electrons. The SMILES string of the molecule is Nc1ncc(-c2cccc(NC(=O)C34CC5CC(C3)C(C5)C4)c2)[nH]1. The van der Waals surface area contributed by atoms with E-state index in [0.29, 0.717) is 5.95 Å². The first-order chi connectivity index (χ1) is 11.6. The summed E-state index contributed by atoms with van der Waals surface area (Å²) in [6.07, 6.45) is 7.70. The first kappa shape index (κ1) is 14.1. The van der Waals surface area contributed by atoms with E-state index in [9.17, 15) is 4.79 Å². The summed E-state index contributed by atoms with van der Waals surface area (Å²) in [4.78, 5) is 20.1. The molecule has 2 aromatic rings. The fourth-order valence-corrected chi connectivity index (χ4v) is 5.60. The first-order valence-electron chi connectivity index (χ1n) is 8.84. The average Bonchev–Trinajstić information content (AvgIpc) is 3.19. The van der Waals surface area contributed by atoms with Gasteiger partial charge >= 0.3 is 0 Å². The summed E-state index contributed by atoms with van der Waals surface area (Å²) in [5.41, 5.74) is 8.24. The van der Waals surface area contributed by atoms with Gasteiger partial charge in [-0.25, -0.2) is 4.98 Å². The standard InChI is InChI=1S/C19H22N4O/c20-18-21-10-16(23-18)12-2-1-3-15(6-12)22-17(24)19-7-11-4-13(8-19)14(5-11)9-19/h1-3,6,10-11,13-14H,4-5,7-9H2,(H,22,24)(H3,20,21,23). The average molecular weight is 322 g/mol. The predicted molar refractivity (Wildman–Crippen MR) is 93.1 cm³/mol. The Labute approximate surface area is 141 Å². The zero-order valence-corrected chi connectivity index (χ0v) is 13.6. The van der Waals surface area contributed by atoms with Crippen molar-refractivity contribution < 1.29 is 4.79 Å². The highest BCUT2D eigenvalue weighted by atomic mass is 16.2. The summed E-state index contributed by atoms with van der Waals surface area (Å²) in [6.45, 7) is 0. The smallest absolute Gasteiger partial charge is 0.230 e. The highest BCUT2D eigenvalue weighted by Crippen LogP contribution is 2.64. The van der Waals surface area contributed by atoms with Crippen LogP contribution < -0.4 is 11.1 Å². The van der Waals surface area contributed by atoms with E-state index in [1.165, 1.54) is 12.8 Å². The first-order valence-corrected chi connectivity index (χ1v) is 8.84. The van der Waals surface area contributed by atoms with E-state index < -0.39 is 0 Å². The van der Waals surface area contributed by atoms with Gasteiger partial charge in [-0.05, 0) is 62.0 Å². The van der Waals surface area contributed by atoms with Gasteiger partial charge < -0.3 is 16.0 Å². The monoisotopic (exact) mass is 322 g/mol. The van der Waals surface area contributed by atoms with E-state index in [2.05, 4.69) is 15.3 Å². The lowest BCUT2D eigenvalue weighted by Crippen LogP contribution is -2.39. The number of nitrogens with zero attached hydrogens (tertiary/aromatic N) is 1. The van der Waals surface area contributed by atoms with Gasteiger partial charge in [0.2, 0.25) is 5.91 Å². The number of benzene rings is 1. The molecular formula is C19H22N4O. The molecule has 4 aliphatic rings. The van der Waals surface area contributed by atoms with Gasteiger partial charge in [-0.3, -0.25) is 4.79 Å². The van der Waals surface area contributed by atoms with Crippen LogP contribution in [-0.4, -0.2) is 15.9 Å². The Morgan fingerprint density at radius 2 is 2.04 bits per heavy atom. The second-order valence-electron chi connectivity index (χ2n) is 7.97. The molecule has 1 heterocycles. The number of nitrogen functional groups attached to an aromatic ring is 1. The van der Waals surface area contributed by atoms with Gasteiger partial charge in [0.25, 0.3) is 0 Å². The number of aromatic nitrogens is 2. The summed E-state index contributed by atoms with van der Waals surface area (Å²) in [7, 11) is 0. The number of anilines is 2. The largest absolute Gasteiger partial charge is 0.369 e. The Bertz CT molecular complexity index is 792. The van der Waals surface area contributed by atoms with Crippen LogP contribution in [0.4, 0.5) is 11.6 Å². The number of nitrogens with one attached hydrogen (secondary N) is 2. The number of nitrogens with two attached hydrogens (primary N) is 1. The zero-order valence-electron chi connectivity index (χ0n) is 13.6. The maximum absolute atomic E-state index is 13.0. The third kappa shape index (κ3) is 2.07. The molecular weight excluding hydrogens is 300 g/mol. The summed E-state index contributed by atoms with van der Waals surface area (Å²) in [6, 6.07) is 7.88. The number of hydrogen-bond donors (Lipinski definition) is 3. The van der Waals surface area contributed by atoms with Crippen LogP contribution in [0.1, 0.15) is 32.1 Å². The molecule has 1 aromatic carbocycles. The molecule has 0 aliphatic heterocycles. The Balaban J connectivity index is 1.38. The molecule has 4 aliphatic carbocycles. The van der Waals surface area contributed by atoms with Gasteiger partial charge in [0, 0.05) is 11.3 Å². The maximum Gasteiger partial charge on any atom is 0.230 e. The van der Waals surface area contributed by atoms with Crippen molar-refractivity contribution in [3.05, 3.63) is 30.5 Å². The molecule has 4 bridgehead atoms. The topological polar surface area (TPSA) is 83.8 Å². The molecule has 24 heavy (non-hydrogen) atoms. The quantitative estimate of drug-likeness (QED) is 0.809. The van der Waals surface area contributed by atoms with Gasteiger partial charge in [-0.1, -0.05) is 12.1 Å². The van der Waals surface area contributed by atoms with E-state index >= 15 is 0 Å². The summed E-state index contributed by atoms with van der Waals surface area (Å²) >= 11 is 0. The lowest BCUT2D eigenvalue weighted by molar-refractivity contribution is -0.128. The van der Waals surface area contributed by atoms with Crippen molar-refractivity contribution in [1.82, 2.24) is 9.97 Å². The molecule has 5 heteroatoms. The minimum atomic E-state index is -0.106. The Hall–Kier alpha value is -2.30. The van der Waals surface area contributed by atoms with Gasteiger partial charge in [-0.15, -0.1) is 0 Å². The van der Waals surface area contributed by atoms with Crippen LogP contribution in [0.15, 0.2) is 30.5 Å². The van der Waals surface area contributed by atoms with Gasteiger partial charge in [0.05, 0.1) is 17.3 Å². The number of rotatable bonds is 3. The number of carbonyl (C=O) groups excluding carboxylic acids is 1. The van der Waals surface area contributed by atoms with Crippen molar-refractivity contribution in [2.45, 2.75) is 32.1 Å². The molecule has 4 N–H and O–H groups in total. The highest BCUT2D eigenvalue weighted by molar-refractivity contribution is 5.96. The lowest BCUT2D eigenvalue weighted by Gasteiger charge is -2.36. The maximum atomic E-state index is 13.0. The van der Waals surface area contributed by atoms with Crippen molar-refractivity contribution in [2.24, 2.45) is 23.2 Å². The molecule has 2 atom stereocenters. The summed E-state index contributed by atoms with van der Waals surface area (Å²) in [5.74, 6) is 3.01. The van der Waals surface area contributed by atoms with E-state index in [-0.39, 0.29) is 11.3 Å². The van der Waals surface area contributed by atoms with Gasteiger partial charge in [-0.2, -0.15) is 0 Å². The van der Waals surface area contributed by atoms with Crippen LogP contribution >= 0.6 is 0 Å². The van der Waals surface area contributed by atoms with Crippen molar-refractivity contribution >= 4 is 17.5 Å². The number of imidazole rings is 1. The van der Waals surface area contributed by atoms with Gasteiger partial charge in [0.15, 0.2) is 5.95 Å². The van der Waals surface area contributed by atoms with Crippen molar-refractivity contribution in [2.75, 3.05) is 11.1 Å². The molecule has 5 nitrogen and oxygen atoms in total. The predicted octanol–water partition coefficient (Wildman–Crippen LogP) is 3.42. The third-order valence-electron chi connectivity index (χ3n) is 6.43. The highest BCUT2D eigenvalue weighted by Gasteiger charge is 2.59. The molecule has 6 rings (SSSR count). The molecule has 4 fully saturated rings. The summed E-state index contributed by atoms with van der Waals surface area (Å²) < 4.78 is 0. The Morgan fingerprint density at radius 3 is 2.71 bits per heavy atom. The second kappa shape index (κ2) is 4.85. The van der Waals surface area contributed by atoms with E-state index in [0.717, 1.165) is 54.0 Å². The van der Waals surface area contributed by atoms with Gasteiger partial charge in [0.1, 0.15) is 0 Å². The Morgan fingerprint density at radius 1 is 1.25 bits per heavy atom. The number of carbonyl (C=O) groups is 1. The van der Waals surface area contributed by atoms with Crippen LogP contribution in [0, 0.1) is 23.2 Å². The number of hydrogen-bond acceptors (Lipinski definition) is 3. The van der Waals surface area contributed by atoms with E-state index in [4.69, 9.17) is 5.73 Å². The fraction of sp³-hybridized carbons (Fsp3) is 0.474. The van der Waals surface area contributed by atoms with E-state index in [1.807, 2.05) is 24.3 Å². The van der Waals surface area contributed by atoms with Crippen molar-refractivity contribution in [1.29, 1.82) is 0 Å². The normalized spacial score (nSPS) is 33.1. The number of amides is 1. The lowest BCUT2D eigenvalue weighted by atomic mass is 9.69. The number of H-pyrrole nitrogens is 1. The third-order valence-corrected chi connectivity index (χ3v) is 6.43. The van der Waals surface area contributed by atoms with E-state index in [1.54, 1.807) is 6.20 Å². The minimum absolute atomic E-state index is 0.106. The number of aromatic amines is 1. The summed E-state index contributed by atoms with van der Waals surface area (Å²) in [5, 5.41) is 3.18. The van der Waals surface area contributed by atoms with Crippen LogP contribution in [0.5, 0.6) is 0 Å². The van der Waals surface area contributed by atoms with Crippen LogP contribution in [0.3, 0.4) is 0 Å². The molecule has 0 radical (unpaired) electrons. The molecule has 0 spiro atoms. The van der Waals surface area contributed by atoms with Crippen LogP contribution in [-0.2, 0) is 4.79 Å². The zero-order chi connectivity index (χ0) is 16.3. The fourth-order valence-electron chi connectivity index (χ4n) is 5.60.